The number of hydrogen-bond acceptors (Lipinski definition) is 5. The van der Waals surface area contributed by atoms with E-state index in [-0.39, 0.29) is 24.8 Å². The van der Waals surface area contributed by atoms with Crippen LogP contribution in [0.1, 0.15) is 11.5 Å². The molecule has 2 aromatic carbocycles. The summed E-state index contributed by atoms with van der Waals surface area (Å²) in [7, 11) is 3.78. The van der Waals surface area contributed by atoms with Crippen LogP contribution < -0.4 is 15.5 Å². The number of hydrogen-bond donors (Lipinski definition) is 2. The van der Waals surface area contributed by atoms with E-state index >= 15 is 0 Å². The first kappa shape index (κ1) is 21.3. The number of benzene rings is 2. The van der Waals surface area contributed by atoms with Gasteiger partial charge in [0.05, 0.1) is 11.7 Å². The maximum atomic E-state index is 6.24. The standard InChI is InChI=1S/C19H20ClN3S2.2ClH/c20-8-12-9-22-15-7-17(13-3-1-2-4-14(13)19(12)15)23-6-5-21-16-10-24-25-11-18(16)23;;/h1-4,7,11-12,16,21-22H,5-6,8-10H2;2*1H/t12?,16-;;/m1../s1. The number of alkyl halides is 1. The quantitative estimate of drug-likeness (QED) is 0.457. The highest BCUT2D eigenvalue weighted by atomic mass is 35.5. The smallest absolute Gasteiger partial charge is 0.0581 e. The van der Waals surface area contributed by atoms with Crippen molar-refractivity contribution >= 4 is 80.2 Å². The SMILES string of the molecule is Cl.Cl.ClCC1CNc2cc(N3CCN[C@@H]4CSSC=C43)c3ccccc3c21. The highest BCUT2D eigenvalue weighted by molar-refractivity contribution is 8.77. The molecule has 2 atom stereocenters. The van der Waals surface area contributed by atoms with Crippen molar-refractivity contribution in [3.63, 3.8) is 0 Å². The molecule has 1 unspecified atom stereocenters. The van der Waals surface area contributed by atoms with E-state index in [1.165, 1.54) is 33.4 Å². The normalized spacial score (nSPS) is 23.4. The molecule has 8 heteroatoms. The lowest BCUT2D eigenvalue weighted by Crippen LogP contribution is -2.50. The van der Waals surface area contributed by atoms with E-state index in [0.717, 1.165) is 25.4 Å². The van der Waals surface area contributed by atoms with Gasteiger partial charge in [0.1, 0.15) is 0 Å². The summed E-state index contributed by atoms with van der Waals surface area (Å²) >= 11 is 6.24. The number of fused-ring (bicyclic) bond motifs is 4. The fourth-order valence-electron chi connectivity index (χ4n) is 4.17. The molecule has 0 radical (unpaired) electrons. The molecule has 0 bridgehead atoms. The predicted molar refractivity (Wildman–Crippen MR) is 128 cm³/mol. The summed E-state index contributed by atoms with van der Waals surface area (Å²) in [6, 6.07) is 11.6. The molecule has 146 valence electrons. The van der Waals surface area contributed by atoms with Crippen molar-refractivity contribution in [1.29, 1.82) is 0 Å². The lowest BCUT2D eigenvalue weighted by atomic mass is 9.94. The molecular weight excluding hydrogens is 441 g/mol. The summed E-state index contributed by atoms with van der Waals surface area (Å²) in [5.74, 6) is 2.19. The van der Waals surface area contributed by atoms with Crippen LogP contribution in [0, 0.1) is 0 Å². The molecule has 0 aromatic heterocycles. The number of nitrogens with one attached hydrogen (secondary N) is 2. The molecule has 0 saturated carbocycles. The summed E-state index contributed by atoms with van der Waals surface area (Å²) in [6.45, 7) is 2.97. The third-order valence-electron chi connectivity index (χ3n) is 5.36. The van der Waals surface area contributed by atoms with Crippen LogP contribution in [0.4, 0.5) is 11.4 Å². The summed E-state index contributed by atoms with van der Waals surface area (Å²) in [5.41, 5.74) is 5.38. The van der Waals surface area contributed by atoms with E-state index in [4.69, 9.17) is 11.6 Å². The fourth-order valence-corrected chi connectivity index (χ4v) is 6.54. The minimum absolute atomic E-state index is 0. The van der Waals surface area contributed by atoms with Crippen molar-refractivity contribution in [2.24, 2.45) is 0 Å². The Hall–Kier alpha value is -0.430. The van der Waals surface area contributed by atoms with Crippen LogP contribution in [0.25, 0.3) is 10.8 Å². The Kier molecular flexibility index (Phi) is 7.04. The van der Waals surface area contributed by atoms with Gasteiger partial charge in [0.2, 0.25) is 0 Å². The molecule has 3 aliphatic rings. The van der Waals surface area contributed by atoms with Crippen LogP contribution in [-0.4, -0.2) is 37.3 Å². The maximum Gasteiger partial charge on any atom is 0.0581 e. The van der Waals surface area contributed by atoms with Crippen molar-refractivity contribution in [1.82, 2.24) is 5.32 Å². The Morgan fingerprint density at radius 1 is 1.19 bits per heavy atom. The second-order valence-corrected chi connectivity index (χ2v) is 9.31. The van der Waals surface area contributed by atoms with Gasteiger partial charge in [0.25, 0.3) is 0 Å². The molecule has 2 aromatic rings. The Labute approximate surface area is 185 Å². The minimum atomic E-state index is 0. The topological polar surface area (TPSA) is 27.3 Å². The molecule has 3 nitrogen and oxygen atoms in total. The van der Waals surface area contributed by atoms with Gasteiger partial charge in [-0.25, -0.2) is 0 Å². The van der Waals surface area contributed by atoms with Crippen LogP contribution in [0.2, 0.25) is 0 Å². The van der Waals surface area contributed by atoms with Gasteiger partial charge in [-0.15, -0.1) is 36.4 Å². The molecule has 0 spiro atoms. The summed E-state index contributed by atoms with van der Waals surface area (Å²) < 4.78 is 0. The van der Waals surface area contributed by atoms with E-state index in [2.05, 4.69) is 51.3 Å². The molecule has 0 amide bonds. The Bertz CT molecular complexity index is 861. The molecule has 3 aliphatic heterocycles. The second-order valence-electron chi connectivity index (χ2n) is 6.72. The van der Waals surface area contributed by atoms with E-state index in [0.29, 0.717) is 17.8 Å². The van der Waals surface area contributed by atoms with Gasteiger partial charge in [-0.1, -0.05) is 45.9 Å². The van der Waals surface area contributed by atoms with Crippen molar-refractivity contribution in [3.05, 3.63) is 47.0 Å². The van der Waals surface area contributed by atoms with E-state index in [9.17, 15) is 0 Å². The van der Waals surface area contributed by atoms with Crippen LogP contribution in [0.15, 0.2) is 41.4 Å². The highest BCUT2D eigenvalue weighted by Gasteiger charge is 2.31. The van der Waals surface area contributed by atoms with Gasteiger partial charge in [-0.2, -0.15) is 0 Å². The first-order chi connectivity index (χ1) is 12.4. The lowest BCUT2D eigenvalue weighted by molar-refractivity contribution is 0.550. The van der Waals surface area contributed by atoms with E-state index in [1.54, 1.807) is 0 Å². The lowest BCUT2D eigenvalue weighted by Gasteiger charge is -2.40. The zero-order chi connectivity index (χ0) is 16.8. The van der Waals surface area contributed by atoms with Gasteiger partial charge in [0.15, 0.2) is 0 Å². The molecular formula is C19H22Cl3N3S2. The molecule has 3 heterocycles. The van der Waals surface area contributed by atoms with Crippen LogP contribution in [0.5, 0.6) is 0 Å². The molecule has 1 fully saturated rings. The van der Waals surface area contributed by atoms with Gasteiger partial charge in [-0.05, 0) is 17.0 Å². The van der Waals surface area contributed by atoms with E-state index < -0.39 is 0 Å². The maximum absolute atomic E-state index is 6.24. The molecule has 1 saturated heterocycles. The number of piperazine rings is 1. The second kappa shape index (κ2) is 8.93. The number of halogens is 3. The highest BCUT2D eigenvalue weighted by Crippen LogP contribution is 2.45. The zero-order valence-electron chi connectivity index (χ0n) is 14.6. The number of nitrogens with zero attached hydrogens (tertiary/aromatic N) is 1. The molecule has 0 aliphatic carbocycles. The summed E-state index contributed by atoms with van der Waals surface area (Å²) in [6.07, 6.45) is 0. The fraction of sp³-hybridized carbons (Fsp3) is 0.368. The average molecular weight is 463 g/mol. The molecule has 5 rings (SSSR count). The monoisotopic (exact) mass is 461 g/mol. The Morgan fingerprint density at radius 3 is 2.81 bits per heavy atom. The summed E-state index contributed by atoms with van der Waals surface area (Å²) in [5, 5.41) is 12.3. The third kappa shape index (κ3) is 3.63. The van der Waals surface area contributed by atoms with Crippen LogP contribution in [-0.2, 0) is 0 Å². The number of rotatable bonds is 2. The van der Waals surface area contributed by atoms with Crippen molar-refractivity contribution < 1.29 is 0 Å². The van der Waals surface area contributed by atoms with Crippen molar-refractivity contribution in [2.45, 2.75) is 12.0 Å². The molecule has 27 heavy (non-hydrogen) atoms. The van der Waals surface area contributed by atoms with Crippen LogP contribution >= 0.6 is 58.0 Å². The Balaban J connectivity index is 0.00000105. The largest absolute Gasteiger partial charge is 0.384 e. The van der Waals surface area contributed by atoms with Crippen molar-refractivity contribution in [3.8, 4) is 0 Å². The van der Waals surface area contributed by atoms with Gasteiger partial charge in [-0.3, -0.25) is 0 Å². The van der Waals surface area contributed by atoms with Gasteiger partial charge >= 0.3 is 0 Å². The first-order valence-corrected chi connectivity index (χ1v) is 11.6. The number of anilines is 2. The third-order valence-corrected chi connectivity index (χ3v) is 7.78. The van der Waals surface area contributed by atoms with Gasteiger partial charge < -0.3 is 15.5 Å². The predicted octanol–water partition coefficient (Wildman–Crippen LogP) is 5.45. The Morgan fingerprint density at radius 2 is 2.00 bits per heavy atom. The van der Waals surface area contributed by atoms with E-state index in [1.807, 2.05) is 21.6 Å². The average Bonchev–Trinajstić information content (AvgIpc) is 3.10. The van der Waals surface area contributed by atoms with Gasteiger partial charge in [0, 0.05) is 59.4 Å². The summed E-state index contributed by atoms with van der Waals surface area (Å²) in [4.78, 5) is 2.52. The zero-order valence-corrected chi connectivity index (χ0v) is 18.6. The molecule has 2 N–H and O–H groups in total. The van der Waals surface area contributed by atoms with Crippen molar-refractivity contribution in [2.75, 3.05) is 41.5 Å². The van der Waals surface area contributed by atoms with Crippen LogP contribution in [0.3, 0.4) is 0 Å². The minimum Gasteiger partial charge on any atom is -0.384 e. The first-order valence-electron chi connectivity index (χ1n) is 8.71.